The Labute approximate surface area is 242 Å². The number of hydrogen-bond acceptors (Lipinski definition) is 3. The lowest BCUT2D eigenvalue weighted by Gasteiger charge is -2.34. The van der Waals surface area contributed by atoms with Gasteiger partial charge in [0.15, 0.2) is 0 Å². The van der Waals surface area contributed by atoms with Crippen LogP contribution in [0.5, 0.6) is 11.5 Å². The Morgan fingerprint density at radius 2 is 1.32 bits per heavy atom. The molecule has 0 saturated carbocycles. The Bertz CT molecular complexity index is 1140. The quantitative estimate of drug-likeness (QED) is 0.195. The van der Waals surface area contributed by atoms with Crippen LogP contribution in [0.4, 0.5) is 0 Å². The molecule has 40 heavy (non-hydrogen) atoms. The summed E-state index contributed by atoms with van der Waals surface area (Å²) in [5, 5.41) is 10.3. The molecule has 5 rings (SSSR count). The third-order valence-electron chi connectivity index (χ3n) is 9.10. The van der Waals surface area contributed by atoms with E-state index in [2.05, 4.69) is 59.5 Å². The van der Waals surface area contributed by atoms with E-state index < -0.39 is 0 Å². The number of likely N-dealkylation sites (tertiary alicyclic amines) is 1. The summed E-state index contributed by atoms with van der Waals surface area (Å²) in [7, 11) is 0. The normalized spacial score (nSPS) is 18.9. The van der Waals surface area contributed by atoms with E-state index in [4.69, 9.17) is 4.74 Å². The lowest BCUT2D eigenvalue weighted by Crippen LogP contribution is -2.25. The summed E-state index contributed by atoms with van der Waals surface area (Å²) in [5.74, 6) is 1.57. The standard InChI is InChI=1S/C37H49NO2/c39-33-23-24-36-34(28-33)37(35(29-40-36)31-17-11-9-12-18-31)32-21-19-30(20-22-32)16-10-7-5-3-1-2-4-6-8-13-25-38-26-14-15-27-38/h9,11-12,17-24,28,35,37,39H,1-8,10,13-16,25-27,29H2/t35-,37-/m0/s1. The first-order valence-electron chi connectivity index (χ1n) is 16.1. The Balaban J connectivity index is 1.03. The second-order valence-corrected chi connectivity index (χ2v) is 12.1. The number of rotatable bonds is 15. The second-order valence-electron chi connectivity index (χ2n) is 12.1. The summed E-state index contributed by atoms with van der Waals surface area (Å²) in [6.07, 6.45) is 17.9. The third kappa shape index (κ3) is 8.13. The molecule has 0 spiro atoms. The lowest BCUT2D eigenvalue weighted by atomic mass is 9.75. The van der Waals surface area contributed by atoms with E-state index in [1.165, 1.54) is 113 Å². The zero-order chi connectivity index (χ0) is 27.4. The van der Waals surface area contributed by atoms with E-state index in [1.807, 2.05) is 12.1 Å². The van der Waals surface area contributed by atoms with Crippen molar-refractivity contribution in [3.8, 4) is 11.5 Å². The van der Waals surface area contributed by atoms with Gasteiger partial charge in [-0.25, -0.2) is 0 Å². The maximum absolute atomic E-state index is 10.3. The minimum atomic E-state index is 0.164. The van der Waals surface area contributed by atoms with Crippen LogP contribution < -0.4 is 4.74 Å². The molecule has 3 heteroatoms. The Morgan fingerprint density at radius 3 is 2.02 bits per heavy atom. The minimum Gasteiger partial charge on any atom is -0.508 e. The molecule has 3 aromatic carbocycles. The number of unbranched alkanes of at least 4 members (excludes halogenated alkanes) is 9. The van der Waals surface area contributed by atoms with Crippen molar-refractivity contribution in [1.82, 2.24) is 4.90 Å². The number of nitrogens with zero attached hydrogens (tertiary/aromatic N) is 1. The fourth-order valence-electron chi connectivity index (χ4n) is 6.78. The van der Waals surface area contributed by atoms with Crippen molar-refractivity contribution in [2.24, 2.45) is 0 Å². The summed E-state index contributed by atoms with van der Waals surface area (Å²) >= 11 is 0. The van der Waals surface area contributed by atoms with Crippen LogP contribution in [0.15, 0.2) is 72.8 Å². The van der Waals surface area contributed by atoms with Crippen LogP contribution >= 0.6 is 0 Å². The Kier molecular flexibility index (Phi) is 11.0. The molecular formula is C37H49NO2. The zero-order valence-electron chi connectivity index (χ0n) is 24.4. The molecule has 3 aromatic rings. The fourth-order valence-corrected chi connectivity index (χ4v) is 6.78. The van der Waals surface area contributed by atoms with Gasteiger partial charge in [0.05, 0.1) is 6.61 Å². The van der Waals surface area contributed by atoms with Crippen molar-refractivity contribution in [3.63, 3.8) is 0 Å². The minimum absolute atomic E-state index is 0.164. The van der Waals surface area contributed by atoms with Crippen LogP contribution in [0.2, 0.25) is 0 Å². The maximum atomic E-state index is 10.3. The predicted octanol–water partition coefficient (Wildman–Crippen LogP) is 9.24. The second kappa shape index (κ2) is 15.3. The molecule has 2 aliphatic rings. The molecular weight excluding hydrogens is 490 g/mol. The largest absolute Gasteiger partial charge is 0.508 e. The topological polar surface area (TPSA) is 32.7 Å². The van der Waals surface area contributed by atoms with E-state index in [0.29, 0.717) is 12.4 Å². The van der Waals surface area contributed by atoms with E-state index in [0.717, 1.165) is 17.7 Å². The molecule has 3 nitrogen and oxygen atoms in total. The molecule has 2 atom stereocenters. The SMILES string of the molecule is Oc1ccc2c(c1)[C@H](c1ccc(CCCCCCCCCCCCN3CCCC3)cc1)[C@H](c1ccccc1)CO2. The lowest BCUT2D eigenvalue weighted by molar-refractivity contribution is 0.248. The summed E-state index contributed by atoms with van der Waals surface area (Å²) in [6, 6.07) is 25.4. The summed E-state index contributed by atoms with van der Waals surface area (Å²) in [5.41, 5.74) is 5.08. The van der Waals surface area contributed by atoms with Crippen LogP contribution in [0.3, 0.4) is 0 Å². The summed E-state index contributed by atoms with van der Waals surface area (Å²) in [4.78, 5) is 2.65. The number of fused-ring (bicyclic) bond motifs is 1. The monoisotopic (exact) mass is 539 g/mol. The molecule has 0 amide bonds. The van der Waals surface area contributed by atoms with Gasteiger partial charge in [-0.15, -0.1) is 0 Å². The van der Waals surface area contributed by atoms with E-state index in [1.54, 1.807) is 6.07 Å². The van der Waals surface area contributed by atoms with Gasteiger partial charge >= 0.3 is 0 Å². The van der Waals surface area contributed by atoms with Gasteiger partial charge in [0, 0.05) is 17.4 Å². The van der Waals surface area contributed by atoms with Crippen LogP contribution in [-0.2, 0) is 6.42 Å². The van der Waals surface area contributed by atoms with Crippen molar-refractivity contribution >= 4 is 0 Å². The Hall–Kier alpha value is -2.78. The van der Waals surface area contributed by atoms with Crippen molar-refractivity contribution in [2.75, 3.05) is 26.2 Å². The molecule has 0 unspecified atom stereocenters. The van der Waals surface area contributed by atoms with Crippen LogP contribution in [0, 0.1) is 0 Å². The molecule has 214 valence electrons. The molecule has 1 N–H and O–H groups in total. The molecule has 0 aliphatic carbocycles. The van der Waals surface area contributed by atoms with Gasteiger partial charge in [-0.1, -0.05) is 106 Å². The highest BCUT2D eigenvalue weighted by atomic mass is 16.5. The number of benzene rings is 3. The number of phenolic OH excluding ortho intramolecular Hbond substituents is 1. The highest BCUT2D eigenvalue weighted by Crippen LogP contribution is 2.47. The highest BCUT2D eigenvalue weighted by molar-refractivity contribution is 5.50. The average Bonchev–Trinajstić information content (AvgIpc) is 3.51. The van der Waals surface area contributed by atoms with Gasteiger partial charge in [-0.3, -0.25) is 0 Å². The van der Waals surface area contributed by atoms with Crippen molar-refractivity contribution < 1.29 is 9.84 Å². The van der Waals surface area contributed by atoms with Crippen LogP contribution in [0.25, 0.3) is 0 Å². The van der Waals surface area contributed by atoms with Gasteiger partial charge in [0.2, 0.25) is 0 Å². The number of ether oxygens (including phenoxy) is 1. The van der Waals surface area contributed by atoms with Crippen molar-refractivity contribution in [1.29, 1.82) is 0 Å². The first kappa shape index (κ1) is 28.7. The number of aromatic hydroxyl groups is 1. The smallest absolute Gasteiger partial charge is 0.123 e. The number of aryl methyl sites for hydroxylation is 1. The summed E-state index contributed by atoms with van der Waals surface area (Å²) in [6.45, 7) is 4.67. The first-order chi connectivity index (χ1) is 19.8. The molecule has 2 heterocycles. The van der Waals surface area contributed by atoms with Gasteiger partial charge in [-0.2, -0.15) is 0 Å². The van der Waals surface area contributed by atoms with Crippen molar-refractivity contribution in [2.45, 2.75) is 95.3 Å². The Morgan fingerprint density at radius 1 is 0.675 bits per heavy atom. The molecule has 1 saturated heterocycles. The molecule has 1 fully saturated rings. The predicted molar refractivity (Wildman–Crippen MR) is 167 cm³/mol. The third-order valence-corrected chi connectivity index (χ3v) is 9.10. The van der Waals surface area contributed by atoms with Gasteiger partial charge in [0.25, 0.3) is 0 Å². The first-order valence-corrected chi connectivity index (χ1v) is 16.1. The summed E-state index contributed by atoms with van der Waals surface area (Å²) < 4.78 is 6.15. The van der Waals surface area contributed by atoms with Crippen LogP contribution in [-0.4, -0.2) is 36.2 Å². The highest BCUT2D eigenvalue weighted by Gasteiger charge is 2.33. The molecule has 0 bridgehead atoms. The van der Waals surface area contributed by atoms with E-state index in [9.17, 15) is 5.11 Å². The number of hydrogen-bond donors (Lipinski definition) is 1. The van der Waals surface area contributed by atoms with Crippen LogP contribution in [0.1, 0.15) is 111 Å². The molecule has 2 aliphatic heterocycles. The molecule has 0 radical (unpaired) electrons. The maximum Gasteiger partial charge on any atom is 0.123 e. The zero-order valence-corrected chi connectivity index (χ0v) is 24.4. The average molecular weight is 540 g/mol. The van der Waals surface area contributed by atoms with Gasteiger partial charge < -0.3 is 14.7 Å². The van der Waals surface area contributed by atoms with Gasteiger partial charge in [-0.05, 0) is 86.6 Å². The van der Waals surface area contributed by atoms with E-state index in [-0.39, 0.29) is 11.8 Å². The van der Waals surface area contributed by atoms with Crippen molar-refractivity contribution in [3.05, 3.63) is 95.1 Å². The fraction of sp³-hybridized carbons (Fsp3) is 0.514. The van der Waals surface area contributed by atoms with Gasteiger partial charge in [0.1, 0.15) is 11.5 Å². The van der Waals surface area contributed by atoms with E-state index >= 15 is 0 Å². The molecule has 0 aromatic heterocycles. The number of phenols is 1.